The summed E-state index contributed by atoms with van der Waals surface area (Å²) in [6.07, 6.45) is 4.57. The lowest BCUT2D eigenvalue weighted by Gasteiger charge is -2.44. The van der Waals surface area contributed by atoms with Crippen molar-refractivity contribution in [1.82, 2.24) is 4.90 Å². The minimum atomic E-state index is 0.185. The van der Waals surface area contributed by atoms with E-state index in [0.29, 0.717) is 12.2 Å². The minimum Gasteiger partial charge on any atom is -0.372 e. The topological polar surface area (TPSA) is 38.5 Å². The summed E-state index contributed by atoms with van der Waals surface area (Å²) in [6, 6.07) is 0. The highest BCUT2D eigenvalue weighted by Gasteiger charge is 2.40. The number of morpholine rings is 1. The Morgan fingerprint density at radius 2 is 1.93 bits per heavy atom. The SMILES string of the molecule is CCC(C)(CN)N1CC2CCC(C1)O2. The minimum absolute atomic E-state index is 0.185. The first-order valence-electron chi connectivity index (χ1n) is 5.78. The van der Waals surface area contributed by atoms with Gasteiger partial charge in [0.2, 0.25) is 0 Å². The zero-order chi connectivity index (χ0) is 10.2. The molecule has 0 aromatic rings. The molecule has 0 radical (unpaired) electrons. The molecule has 2 saturated heterocycles. The molecule has 2 aliphatic rings. The van der Waals surface area contributed by atoms with Gasteiger partial charge in [0.1, 0.15) is 0 Å². The first-order valence-corrected chi connectivity index (χ1v) is 5.78. The van der Waals surface area contributed by atoms with Gasteiger partial charge in [-0.15, -0.1) is 0 Å². The third kappa shape index (κ3) is 1.69. The Morgan fingerprint density at radius 1 is 1.36 bits per heavy atom. The zero-order valence-corrected chi connectivity index (χ0v) is 9.33. The van der Waals surface area contributed by atoms with Crippen LogP contribution in [-0.4, -0.2) is 42.3 Å². The molecule has 2 heterocycles. The number of hydrogen-bond donors (Lipinski definition) is 1. The van der Waals surface area contributed by atoms with Gasteiger partial charge in [0, 0.05) is 25.2 Å². The molecular formula is C11H22N2O. The molecule has 0 spiro atoms. The second-order valence-corrected chi connectivity index (χ2v) is 4.92. The molecular weight excluding hydrogens is 176 g/mol. The van der Waals surface area contributed by atoms with Crippen LogP contribution in [0, 0.1) is 0 Å². The monoisotopic (exact) mass is 198 g/mol. The molecule has 2 aliphatic heterocycles. The highest BCUT2D eigenvalue weighted by atomic mass is 16.5. The number of nitrogens with two attached hydrogens (primary N) is 1. The lowest BCUT2D eigenvalue weighted by Crippen LogP contribution is -2.57. The molecule has 3 nitrogen and oxygen atoms in total. The molecule has 0 amide bonds. The summed E-state index contributed by atoms with van der Waals surface area (Å²) < 4.78 is 5.83. The van der Waals surface area contributed by atoms with Crippen LogP contribution in [0.25, 0.3) is 0 Å². The number of rotatable bonds is 3. The standard InChI is InChI=1S/C11H22N2O/c1-3-11(2,8-12)13-6-9-4-5-10(7-13)14-9/h9-10H,3-8,12H2,1-2H3. The van der Waals surface area contributed by atoms with Crippen molar-refractivity contribution in [3.63, 3.8) is 0 Å². The van der Waals surface area contributed by atoms with E-state index in [1.807, 2.05) is 0 Å². The van der Waals surface area contributed by atoms with Crippen LogP contribution < -0.4 is 5.73 Å². The third-order valence-electron chi connectivity index (χ3n) is 4.01. The number of hydrogen-bond acceptors (Lipinski definition) is 3. The Kier molecular flexibility index (Phi) is 2.82. The maximum absolute atomic E-state index is 5.88. The van der Waals surface area contributed by atoms with Crippen molar-refractivity contribution < 1.29 is 4.74 Å². The molecule has 3 heteroatoms. The molecule has 3 atom stereocenters. The number of fused-ring (bicyclic) bond motifs is 2. The van der Waals surface area contributed by atoms with Crippen LogP contribution in [0.1, 0.15) is 33.1 Å². The first-order chi connectivity index (χ1) is 6.68. The van der Waals surface area contributed by atoms with E-state index in [1.54, 1.807) is 0 Å². The molecule has 0 aromatic carbocycles. The van der Waals surface area contributed by atoms with Crippen LogP contribution in [0.5, 0.6) is 0 Å². The van der Waals surface area contributed by atoms with Crippen molar-refractivity contribution in [2.45, 2.75) is 50.9 Å². The van der Waals surface area contributed by atoms with E-state index in [9.17, 15) is 0 Å². The van der Waals surface area contributed by atoms with Gasteiger partial charge in [-0.05, 0) is 26.2 Å². The fourth-order valence-corrected chi connectivity index (χ4v) is 2.55. The predicted octanol–water partition coefficient (Wildman–Crippen LogP) is 0.977. The van der Waals surface area contributed by atoms with Crippen LogP contribution in [0.3, 0.4) is 0 Å². The second kappa shape index (κ2) is 3.80. The van der Waals surface area contributed by atoms with Crippen molar-refractivity contribution >= 4 is 0 Å². The van der Waals surface area contributed by atoms with Gasteiger partial charge in [-0.3, -0.25) is 4.90 Å². The fourth-order valence-electron chi connectivity index (χ4n) is 2.55. The van der Waals surface area contributed by atoms with Gasteiger partial charge >= 0.3 is 0 Å². The molecule has 2 fully saturated rings. The van der Waals surface area contributed by atoms with Crippen molar-refractivity contribution in [3.8, 4) is 0 Å². The van der Waals surface area contributed by atoms with Crippen LogP contribution in [0.4, 0.5) is 0 Å². The second-order valence-electron chi connectivity index (χ2n) is 4.92. The summed E-state index contributed by atoms with van der Waals surface area (Å²) in [5, 5.41) is 0. The molecule has 0 saturated carbocycles. The molecule has 2 bridgehead atoms. The van der Waals surface area contributed by atoms with Crippen molar-refractivity contribution in [2.24, 2.45) is 5.73 Å². The van der Waals surface area contributed by atoms with Gasteiger partial charge in [-0.1, -0.05) is 6.92 Å². The summed E-state index contributed by atoms with van der Waals surface area (Å²) in [6.45, 7) is 7.42. The summed E-state index contributed by atoms with van der Waals surface area (Å²) in [5.41, 5.74) is 6.06. The van der Waals surface area contributed by atoms with Crippen LogP contribution in [0.15, 0.2) is 0 Å². The maximum atomic E-state index is 5.88. The Hall–Kier alpha value is -0.120. The molecule has 0 aliphatic carbocycles. The summed E-state index contributed by atoms with van der Waals surface area (Å²) in [5.74, 6) is 0. The van der Waals surface area contributed by atoms with E-state index in [2.05, 4.69) is 18.7 Å². The van der Waals surface area contributed by atoms with Gasteiger partial charge in [-0.25, -0.2) is 0 Å². The average molecular weight is 198 g/mol. The predicted molar refractivity (Wildman–Crippen MR) is 57.2 cm³/mol. The van der Waals surface area contributed by atoms with Gasteiger partial charge < -0.3 is 10.5 Å². The van der Waals surface area contributed by atoms with Crippen LogP contribution >= 0.6 is 0 Å². The molecule has 2 rings (SSSR count). The summed E-state index contributed by atoms with van der Waals surface area (Å²) >= 11 is 0. The third-order valence-corrected chi connectivity index (χ3v) is 4.01. The molecule has 0 aromatic heterocycles. The van der Waals surface area contributed by atoms with Gasteiger partial charge in [0.25, 0.3) is 0 Å². The van der Waals surface area contributed by atoms with E-state index < -0.39 is 0 Å². The highest BCUT2D eigenvalue weighted by Crippen LogP contribution is 2.31. The number of likely N-dealkylation sites (tertiary alicyclic amines) is 1. The Morgan fingerprint density at radius 3 is 2.36 bits per heavy atom. The quantitative estimate of drug-likeness (QED) is 0.734. The Balaban J connectivity index is 2.04. The molecule has 82 valence electrons. The summed E-state index contributed by atoms with van der Waals surface area (Å²) in [7, 11) is 0. The smallest absolute Gasteiger partial charge is 0.0707 e. The molecule has 2 N–H and O–H groups in total. The Bertz CT molecular complexity index is 191. The van der Waals surface area contributed by atoms with E-state index in [-0.39, 0.29) is 5.54 Å². The maximum Gasteiger partial charge on any atom is 0.0707 e. The van der Waals surface area contributed by atoms with E-state index in [1.165, 1.54) is 12.8 Å². The summed E-state index contributed by atoms with van der Waals surface area (Å²) in [4.78, 5) is 2.54. The largest absolute Gasteiger partial charge is 0.372 e. The van der Waals surface area contributed by atoms with Gasteiger partial charge in [0.15, 0.2) is 0 Å². The average Bonchev–Trinajstić information content (AvgIpc) is 2.56. The molecule has 3 unspecified atom stereocenters. The van der Waals surface area contributed by atoms with Crippen molar-refractivity contribution in [1.29, 1.82) is 0 Å². The van der Waals surface area contributed by atoms with Crippen LogP contribution in [0.2, 0.25) is 0 Å². The first kappa shape index (κ1) is 10.4. The zero-order valence-electron chi connectivity index (χ0n) is 9.33. The lowest BCUT2D eigenvalue weighted by atomic mass is 9.95. The highest BCUT2D eigenvalue weighted by molar-refractivity contribution is 4.94. The number of ether oxygens (including phenoxy) is 1. The fraction of sp³-hybridized carbons (Fsp3) is 1.00. The van der Waals surface area contributed by atoms with Gasteiger partial charge in [-0.2, -0.15) is 0 Å². The normalized spacial score (nSPS) is 37.1. The van der Waals surface area contributed by atoms with Crippen molar-refractivity contribution in [3.05, 3.63) is 0 Å². The lowest BCUT2D eigenvalue weighted by molar-refractivity contribution is -0.0735. The van der Waals surface area contributed by atoms with E-state index >= 15 is 0 Å². The Labute approximate surface area is 86.6 Å². The molecule has 14 heavy (non-hydrogen) atoms. The van der Waals surface area contributed by atoms with Gasteiger partial charge in [0.05, 0.1) is 12.2 Å². The number of nitrogens with zero attached hydrogens (tertiary/aromatic N) is 1. The van der Waals surface area contributed by atoms with Crippen LogP contribution in [-0.2, 0) is 4.74 Å². The van der Waals surface area contributed by atoms with Crippen molar-refractivity contribution in [2.75, 3.05) is 19.6 Å². The van der Waals surface area contributed by atoms with E-state index in [4.69, 9.17) is 10.5 Å². The van der Waals surface area contributed by atoms with E-state index in [0.717, 1.165) is 26.1 Å².